The van der Waals surface area contributed by atoms with Crippen molar-refractivity contribution in [2.24, 2.45) is 11.8 Å². The molecule has 0 radical (unpaired) electrons. The van der Waals surface area contributed by atoms with Crippen LogP contribution in [0.2, 0.25) is 0 Å². The maximum absolute atomic E-state index is 10.3. The molecule has 2 aliphatic rings. The van der Waals surface area contributed by atoms with Gasteiger partial charge in [-0.15, -0.1) is 0 Å². The molecule has 4 N–H and O–H groups in total. The van der Waals surface area contributed by atoms with Crippen LogP contribution >= 0.6 is 0 Å². The van der Waals surface area contributed by atoms with Crippen LogP contribution in [0.3, 0.4) is 0 Å². The maximum Gasteiger partial charge on any atom is 0.118 e. The number of phenolic OH excluding ortho intramolecular Hbond substituents is 4. The second-order valence-corrected chi connectivity index (χ2v) is 14.3. The molecule has 0 aliphatic heterocycles. The fraction of sp³-hybridized carbons (Fsp3) is 0.415. The predicted molar refractivity (Wildman–Crippen MR) is 181 cm³/mol. The summed E-state index contributed by atoms with van der Waals surface area (Å²) in [5, 5.41) is 41.1. The van der Waals surface area contributed by atoms with E-state index in [1.807, 2.05) is 52.0 Å². The standard InChI is InChI=1S/C41H48O4/c1-26-21-32(5-9-36(26)42)40(33-6-10-37(43)27(2)22-33)17-13-30(14-18-40)25-31-15-19-41(20-16-31,34-7-11-38(44)28(3)23-34)35-8-12-39(45)29(4)24-35/h5-12,21-24,30-31,42-45H,13-20,25H2,1-4H3. The van der Waals surface area contributed by atoms with Crippen molar-refractivity contribution in [3.8, 4) is 23.0 Å². The van der Waals surface area contributed by atoms with Crippen LogP contribution in [0.4, 0.5) is 0 Å². The Morgan fingerprint density at radius 1 is 0.444 bits per heavy atom. The number of rotatable bonds is 6. The van der Waals surface area contributed by atoms with E-state index in [0.717, 1.165) is 73.6 Å². The van der Waals surface area contributed by atoms with E-state index in [4.69, 9.17) is 0 Å². The first-order valence-electron chi connectivity index (χ1n) is 16.7. The zero-order chi connectivity index (χ0) is 31.9. The lowest BCUT2D eigenvalue weighted by atomic mass is 9.59. The first kappa shape index (κ1) is 31.1. The third kappa shape index (κ3) is 5.80. The fourth-order valence-electron chi connectivity index (χ4n) is 8.58. The number of hydrogen-bond acceptors (Lipinski definition) is 4. The van der Waals surface area contributed by atoms with Gasteiger partial charge in [0.2, 0.25) is 0 Å². The normalized spacial score (nSPS) is 18.6. The Morgan fingerprint density at radius 3 is 0.911 bits per heavy atom. The van der Waals surface area contributed by atoms with Crippen LogP contribution in [0.15, 0.2) is 72.8 Å². The van der Waals surface area contributed by atoms with Crippen LogP contribution in [0.25, 0.3) is 0 Å². The van der Waals surface area contributed by atoms with E-state index in [2.05, 4.69) is 48.5 Å². The molecule has 0 aromatic heterocycles. The van der Waals surface area contributed by atoms with Gasteiger partial charge in [-0.3, -0.25) is 0 Å². The van der Waals surface area contributed by atoms with Crippen LogP contribution in [0.1, 0.15) is 102 Å². The highest BCUT2D eigenvalue weighted by molar-refractivity contribution is 5.49. The minimum atomic E-state index is -0.122. The molecule has 0 heterocycles. The van der Waals surface area contributed by atoms with Gasteiger partial charge in [-0.1, -0.05) is 48.5 Å². The second-order valence-electron chi connectivity index (χ2n) is 14.3. The highest BCUT2D eigenvalue weighted by atomic mass is 16.3. The summed E-state index contributed by atoms with van der Waals surface area (Å²) in [5.74, 6) is 2.70. The van der Waals surface area contributed by atoms with Crippen molar-refractivity contribution in [1.29, 1.82) is 0 Å². The number of benzene rings is 4. The van der Waals surface area contributed by atoms with Crippen molar-refractivity contribution in [1.82, 2.24) is 0 Å². The minimum Gasteiger partial charge on any atom is -0.508 e. The molecule has 4 nitrogen and oxygen atoms in total. The summed E-state index contributed by atoms with van der Waals surface area (Å²) in [5.41, 5.74) is 8.42. The van der Waals surface area contributed by atoms with Crippen LogP contribution in [-0.4, -0.2) is 20.4 Å². The van der Waals surface area contributed by atoms with Crippen molar-refractivity contribution in [3.05, 3.63) is 117 Å². The van der Waals surface area contributed by atoms with Gasteiger partial charge in [0.1, 0.15) is 23.0 Å². The summed E-state index contributed by atoms with van der Waals surface area (Å²) >= 11 is 0. The third-order valence-corrected chi connectivity index (χ3v) is 11.6. The van der Waals surface area contributed by atoms with E-state index < -0.39 is 0 Å². The molecule has 4 aromatic carbocycles. The Hall–Kier alpha value is -3.92. The molecule has 4 aromatic rings. The molecule has 0 atom stereocenters. The molecule has 45 heavy (non-hydrogen) atoms. The lowest BCUT2D eigenvalue weighted by Crippen LogP contribution is -2.36. The number of aromatic hydroxyl groups is 4. The van der Waals surface area contributed by atoms with Crippen molar-refractivity contribution in [2.45, 2.75) is 96.3 Å². The average molecular weight is 605 g/mol. The second kappa shape index (κ2) is 12.1. The first-order valence-corrected chi connectivity index (χ1v) is 16.7. The van der Waals surface area contributed by atoms with Gasteiger partial charge in [-0.25, -0.2) is 0 Å². The van der Waals surface area contributed by atoms with Crippen molar-refractivity contribution in [2.75, 3.05) is 0 Å². The molecular weight excluding hydrogens is 556 g/mol. The summed E-state index contributed by atoms with van der Waals surface area (Å²) in [6.45, 7) is 7.90. The average Bonchev–Trinajstić information content (AvgIpc) is 3.03. The lowest BCUT2D eigenvalue weighted by molar-refractivity contribution is 0.185. The van der Waals surface area contributed by atoms with Crippen LogP contribution in [0, 0.1) is 39.5 Å². The van der Waals surface area contributed by atoms with E-state index in [1.165, 1.54) is 28.7 Å². The van der Waals surface area contributed by atoms with Crippen LogP contribution in [0.5, 0.6) is 23.0 Å². The molecule has 2 saturated carbocycles. The zero-order valence-electron chi connectivity index (χ0n) is 27.2. The van der Waals surface area contributed by atoms with Gasteiger partial charge in [-0.2, -0.15) is 0 Å². The summed E-state index contributed by atoms with van der Waals surface area (Å²) in [6, 6.07) is 24.4. The topological polar surface area (TPSA) is 80.9 Å². The molecule has 6 rings (SSSR count). The van der Waals surface area contributed by atoms with Gasteiger partial charge < -0.3 is 20.4 Å². The SMILES string of the molecule is Cc1cc(C2(c3ccc(O)c(C)c3)CCC(CC3CCC(c4ccc(O)c(C)c4)(c4ccc(O)c(C)c4)CC3)CC2)ccc1O. The molecule has 0 saturated heterocycles. The summed E-state index contributed by atoms with van der Waals surface area (Å²) < 4.78 is 0. The van der Waals surface area contributed by atoms with E-state index in [9.17, 15) is 20.4 Å². The Labute approximate surface area is 268 Å². The summed E-state index contributed by atoms with van der Waals surface area (Å²) in [4.78, 5) is 0. The fourth-order valence-corrected chi connectivity index (χ4v) is 8.58. The smallest absolute Gasteiger partial charge is 0.118 e. The third-order valence-electron chi connectivity index (χ3n) is 11.6. The lowest BCUT2D eigenvalue weighted by Gasteiger charge is -2.45. The number of phenols is 4. The Morgan fingerprint density at radius 2 is 0.689 bits per heavy atom. The highest BCUT2D eigenvalue weighted by Gasteiger charge is 2.42. The Kier molecular flexibility index (Phi) is 8.37. The van der Waals surface area contributed by atoms with E-state index in [0.29, 0.717) is 34.8 Å². The van der Waals surface area contributed by atoms with Gasteiger partial charge in [0.25, 0.3) is 0 Å². The van der Waals surface area contributed by atoms with E-state index in [-0.39, 0.29) is 10.8 Å². The van der Waals surface area contributed by atoms with Gasteiger partial charge in [-0.05, 0) is 166 Å². The van der Waals surface area contributed by atoms with Gasteiger partial charge in [0.05, 0.1) is 0 Å². The predicted octanol–water partition coefficient (Wildman–Crippen LogP) is 9.79. The molecule has 0 amide bonds. The van der Waals surface area contributed by atoms with Gasteiger partial charge in [0.15, 0.2) is 0 Å². The van der Waals surface area contributed by atoms with E-state index >= 15 is 0 Å². The van der Waals surface area contributed by atoms with Gasteiger partial charge >= 0.3 is 0 Å². The van der Waals surface area contributed by atoms with Crippen LogP contribution in [-0.2, 0) is 10.8 Å². The minimum absolute atomic E-state index is 0.122. The van der Waals surface area contributed by atoms with E-state index in [1.54, 1.807) is 0 Å². The number of hydrogen-bond donors (Lipinski definition) is 4. The zero-order valence-corrected chi connectivity index (χ0v) is 27.2. The maximum atomic E-state index is 10.3. The first-order chi connectivity index (χ1) is 21.5. The van der Waals surface area contributed by atoms with Crippen molar-refractivity contribution >= 4 is 0 Å². The molecule has 4 heteroatoms. The molecule has 0 unspecified atom stereocenters. The molecule has 0 spiro atoms. The Balaban J connectivity index is 1.20. The molecule has 0 bridgehead atoms. The Bertz CT molecular complexity index is 1450. The highest BCUT2D eigenvalue weighted by Crippen LogP contribution is 2.52. The quantitative estimate of drug-likeness (QED) is 0.177. The van der Waals surface area contributed by atoms with Crippen molar-refractivity contribution in [3.63, 3.8) is 0 Å². The van der Waals surface area contributed by atoms with Crippen molar-refractivity contribution < 1.29 is 20.4 Å². The monoisotopic (exact) mass is 604 g/mol. The molecular formula is C41H48O4. The number of aryl methyl sites for hydroxylation is 4. The summed E-state index contributed by atoms with van der Waals surface area (Å²) in [7, 11) is 0. The molecule has 2 fully saturated rings. The largest absolute Gasteiger partial charge is 0.508 e. The summed E-state index contributed by atoms with van der Waals surface area (Å²) in [6.07, 6.45) is 10.1. The molecule has 236 valence electrons. The molecule has 2 aliphatic carbocycles. The van der Waals surface area contributed by atoms with Gasteiger partial charge in [0, 0.05) is 10.8 Å². The van der Waals surface area contributed by atoms with Crippen LogP contribution < -0.4 is 0 Å².